The van der Waals surface area contributed by atoms with Gasteiger partial charge in [0.1, 0.15) is 5.82 Å². The zero-order chi connectivity index (χ0) is 12.2. The molecule has 1 heterocycles. The second-order valence-corrected chi connectivity index (χ2v) is 4.98. The predicted molar refractivity (Wildman–Crippen MR) is 72.4 cm³/mol. The van der Waals surface area contributed by atoms with E-state index in [1.165, 1.54) is 24.0 Å². The molecule has 0 spiro atoms. The Labute approximate surface area is 108 Å². The topological polar surface area (TPSA) is 40.7 Å². The van der Waals surface area contributed by atoms with E-state index in [1.807, 2.05) is 6.20 Å². The van der Waals surface area contributed by atoms with Gasteiger partial charge in [-0.15, -0.1) is 0 Å². The molecule has 0 saturated heterocycles. The molecule has 0 atom stereocenters. The Balaban J connectivity index is 1.46. The fraction of sp³-hybridized carbons (Fsp3) is 0.400. The van der Waals surface area contributed by atoms with Gasteiger partial charge in [-0.05, 0) is 29.9 Å². The van der Waals surface area contributed by atoms with Crippen molar-refractivity contribution in [1.29, 1.82) is 0 Å². The van der Waals surface area contributed by atoms with Crippen molar-refractivity contribution in [2.75, 3.05) is 6.54 Å². The maximum absolute atomic E-state index is 4.21. The van der Waals surface area contributed by atoms with Gasteiger partial charge in [-0.2, -0.15) is 0 Å². The Hall–Kier alpha value is -1.61. The third-order valence-corrected chi connectivity index (χ3v) is 3.42. The molecule has 94 valence electrons. The minimum absolute atomic E-state index is 0.841. The molecule has 1 saturated carbocycles. The molecular formula is C15H19N3. The smallest absolute Gasteiger partial charge is 0.107 e. The Bertz CT molecular complexity index is 486. The van der Waals surface area contributed by atoms with Crippen molar-refractivity contribution < 1.29 is 0 Å². The van der Waals surface area contributed by atoms with Crippen LogP contribution in [0.1, 0.15) is 35.7 Å². The van der Waals surface area contributed by atoms with Crippen LogP contribution in [0.5, 0.6) is 0 Å². The van der Waals surface area contributed by atoms with Crippen molar-refractivity contribution in [3.8, 4) is 0 Å². The van der Waals surface area contributed by atoms with E-state index in [4.69, 9.17) is 0 Å². The maximum atomic E-state index is 4.21. The highest BCUT2D eigenvalue weighted by molar-refractivity contribution is 5.29. The summed E-state index contributed by atoms with van der Waals surface area (Å²) in [5.74, 6) is 1.89. The largest absolute Gasteiger partial charge is 0.349 e. The number of aromatic amines is 1. The van der Waals surface area contributed by atoms with E-state index < -0.39 is 0 Å². The first kappa shape index (κ1) is 11.5. The Morgan fingerprint density at radius 2 is 2.28 bits per heavy atom. The van der Waals surface area contributed by atoms with E-state index in [1.54, 1.807) is 6.20 Å². The van der Waals surface area contributed by atoms with Crippen LogP contribution in [-0.4, -0.2) is 16.5 Å². The highest BCUT2D eigenvalue weighted by Crippen LogP contribution is 2.40. The van der Waals surface area contributed by atoms with Gasteiger partial charge in [0.15, 0.2) is 0 Å². The molecule has 3 heteroatoms. The molecule has 2 N–H and O–H groups in total. The van der Waals surface area contributed by atoms with Crippen molar-refractivity contribution in [2.24, 2.45) is 0 Å². The minimum atomic E-state index is 0.841. The summed E-state index contributed by atoms with van der Waals surface area (Å²) in [6.07, 6.45) is 7.36. The second-order valence-electron chi connectivity index (χ2n) is 4.98. The molecule has 1 fully saturated rings. The summed E-state index contributed by atoms with van der Waals surface area (Å²) in [6, 6.07) is 8.98. The molecule has 0 bridgehead atoms. The zero-order valence-corrected chi connectivity index (χ0v) is 10.5. The van der Waals surface area contributed by atoms with Crippen molar-refractivity contribution in [3.63, 3.8) is 0 Å². The summed E-state index contributed by atoms with van der Waals surface area (Å²) in [6.45, 7) is 1.91. The summed E-state index contributed by atoms with van der Waals surface area (Å²) in [5, 5.41) is 3.47. The summed E-state index contributed by atoms with van der Waals surface area (Å²) in [5.41, 5.74) is 2.90. The molecular weight excluding hydrogens is 222 g/mol. The molecule has 3 nitrogen and oxygen atoms in total. The zero-order valence-electron chi connectivity index (χ0n) is 10.5. The van der Waals surface area contributed by atoms with Gasteiger partial charge in [-0.25, -0.2) is 4.98 Å². The SMILES string of the molecule is c1cc(CNCCc2ncc[nH]2)cc(C2CC2)c1. The number of benzene rings is 1. The van der Waals surface area contributed by atoms with Crippen LogP contribution in [-0.2, 0) is 13.0 Å². The lowest BCUT2D eigenvalue weighted by atomic mass is 10.1. The molecule has 3 rings (SSSR count). The number of rotatable bonds is 6. The van der Waals surface area contributed by atoms with E-state index >= 15 is 0 Å². The monoisotopic (exact) mass is 241 g/mol. The van der Waals surface area contributed by atoms with Gasteiger partial charge in [0.25, 0.3) is 0 Å². The van der Waals surface area contributed by atoms with Crippen LogP contribution in [0.25, 0.3) is 0 Å². The average Bonchev–Trinajstić information content (AvgIpc) is 3.13. The van der Waals surface area contributed by atoms with Gasteiger partial charge in [0, 0.05) is 31.9 Å². The molecule has 0 unspecified atom stereocenters. The van der Waals surface area contributed by atoms with Crippen LogP contribution in [0.15, 0.2) is 36.7 Å². The van der Waals surface area contributed by atoms with E-state index in [0.717, 1.165) is 31.3 Å². The standard InChI is InChI=1S/C15H19N3/c1-2-12(10-14(3-1)13-4-5-13)11-16-7-6-15-17-8-9-18-15/h1-3,8-10,13,16H,4-7,11H2,(H,17,18). The number of aromatic nitrogens is 2. The number of hydrogen-bond acceptors (Lipinski definition) is 2. The van der Waals surface area contributed by atoms with Crippen LogP contribution in [0.4, 0.5) is 0 Å². The highest BCUT2D eigenvalue weighted by Gasteiger charge is 2.23. The summed E-state index contributed by atoms with van der Waals surface area (Å²) < 4.78 is 0. The maximum Gasteiger partial charge on any atom is 0.107 e. The van der Waals surface area contributed by atoms with Crippen LogP contribution < -0.4 is 5.32 Å². The number of nitrogens with zero attached hydrogens (tertiary/aromatic N) is 1. The van der Waals surface area contributed by atoms with Crippen molar-refractivity contribution in [3.05, 3.63) is 53.6 Å². The average molecular weight is 241 g/mol. The summed E-state index contributed by atoms with van der Waals surface area (Å²) in [7, 11) is 0. The lowest BCUT2D eigenvalue weighted by Crippen LogP contribution is -2.17. The first-order valence-electron chi connectivity index (χ1n) is 6.69. The number of H-pyrrole nitrogens is 1. The van der Waals surface area contributed by atoms with Crippen molar-refractivity contribution in [2.45, 2.75) is 31.7 Å². The van der Waals surface area contributed by atoms with Gasteiger partial charge in [0.05, 0.1) is 0 Å². The molecule has 1 aliphatic carbocycles. The molecule has 0 radical (unpaired) electrons. The predicted octanol–water partition coefficient (Wildman–Crippen LogP) is 2.62. The quantitative estimate of drug-likeness (QED) is 0.763. The van der Waals surface area contributed by atoms with Crippen molar-refractivity contribution in [1.82, 2.24) is 15.3 Å². The number of hydrogen-bond donors (Lipinski definition) is 2. The number of nitrogens with one attached hydrogen (secondary N) is 2. The Kier molecular flexibility index (Phi) is 3.42. The third-order valence-electron chi connectivity index (χ3n) is 3.42. The molecule has 0 amide bonds. The lowest BCUT2D eigenvalue weighted by Gasteiger charge is -2.06. The number of imidazole rings is 1. The Morgan fingerprint density at radius 1 is 1.33 bits per heavy atom. The summed E-state index contributed by atoms with van der Waals surface area (Å²) in [4.78, 5) is 7.33. The van der Waals surface area contributed by atoms with E-state index in [0.29, 0.717) is 0 Å². The normalized spacial score (nSPS) is 14.9. The van der Waals surface area contributed by atoms with Gasteiger partial charge in [-0.1, -0.05) is 24.3 Å². The van der Waals surface area contributed by atoms with Crippen LogP contribution in [0, 0.1) is 0 Å². The molecule has 2 aromatic rings. The first-order chi connectivity index (χ1) is 8.92. The molecule has 18 heavy (non-hydrogen) atoms. The van der Waals surface area contributed by atoms with Crippen LogP contribution in [0.2, 0.25) is 0 Å². The molecule has 1 aromatic carbocycles. The van der Waals surface area contributed by atoms with Crippen LogP contribution in [0.3, 0.4) is 0 Å². The summed E-state index contributed by atoms with van der Waals surface area (Å²) >= 11 is 0. The van der Waals surface area contributed by atoms with E-state index in [9.17, 15) is 0 Å². The fourth-order valence-electron chi connectivity index (χ4n) is 2.25. The highest BCUT2D eigenvalue weighted by atomic mass is 14.9. The van der Waals surface area contributed by atoms with Crippen LogP contribution >= 0.6 is 0 Å². The fourth-order valence-corrected chi connectivity index (χ4v) is 2.25. The Morgan fingerprint density at radius 3 is 3.06 bits per heavy atom. The van der Waals surface area contributed by atoms with E-state index in [2.05, 4.69) is 39.6 Å². The molecule has 1 aliphatic rings. The van der Waals surface area contributed by atoms with Gasteiger partial charge in [-0.3, -0.25) is 0 Å². The minimum Gasteiger partial charge on any atom is -0.349 e. The second kappa shape index (κ2) is 5.36. The van der Waals surface area contributed by atoms with Gasteiger partial charge >= 0.3 is 0 Å². The van der Waals surface area contributed by atoms with Gasteiger partial charge in [0.2, 0.25) is 0 Å². The van der Waals surface area contributed by atoms with Gasteiger partial charge < -0.3 is 10.3 Å². The third kappa shape index (κ3) is 2.99. The molecule has 1 aromatic heterocycles. The first-order valence-corrected chi connectivity index (χ1v) is 6.69. The van der Waals surface area contributed by atoms with Crippen molar-refractivity contribution >= 4 is 0 Å². The lowest BCUT2D eigenvalue weighted by molar-refractivity contribution is 0.673. The van der Waals surface area contributed by atoms with E-state index in [-0.39, 0.29) is 0 Å². The molecule has 0 aliphatic heterocycles.